The van der Waals surface area contributed by atoms with E-state index in [1.54, 1.807) is 0 Å². The summed E-state index contributed by atoms with van der Waals surface area (Å²) < 4.78 is 1.04. The first-order chi connectivity index (χ1) is 9.06. The summed E-state index contributed by atoms with van der Waals surface area (Å²) in [5.41, 5.74) is 6.33. The first kappa shape index (κ1) is 13.4. The maximum Gasteiger partial charge on any atom is 0.305 e. The number of carbonyl (C=O) groups is 2. The van der Waals surface area contributed by atoms with E-state index in [2.05, 4.69) is 10.3 Å². The number of aliphatic carboxylic acids is 1. The molecule has 1 atom stereocenters. The Morgan fingerprint density at radius 1 is 1.42 bits per heavy atom. The van der Waals surface area contributed by atoms with Crippen molar-refractivity contribution in [3.63, 3.8) is 0 Å². The Hall–Kier alpha value is -1.99. The number of rotatable bonds is 5. The van der Waals surface area contributed by atoms with E-state index < -0.39 is 17.9 Å². The second-order valence-corrected chi connectivity index (χ2v) is 5.11. The highest BCUT2D eigenvalue weighted by Gasteiger charge is 2.17. The van der Waals surface area contributed by atoms with Gasteiger partial charge in [-0.2, -0.15) is 0 Å². The molecule has 1 aromatic heterocycles. The zero-order chi connectivity index (χ0) is 13.8. The number of benzene rings is 1. The summed E-state index contributed by atoms with van der Waals surface area (Å²) in [6, 6.07) is 6.63. The molecule has 19 heavy (non-hydrogen) atoms. The van der Waals surface area contributed by atoms with Gasteiger partial charge in [0.2, 0.25) is 5.91 Å². The Balaban J connectivity index is 1.94. The summed E-state index contributed by atoms with van der Waals surface area (Å²) in [6.07, 6.45) is -0.383. The quantitative estimate of drug-likeness (QED) is 0.747. The zero-order valence-corrected chi connectivity index (χ0v) is 10.8. The Kier molecular flexibility index (Phi) is 4.08. The van der Waals surface area contributed by atoms with Gasteiger partial charge in [-0.3, -0.25) is 9.59 Å². The van der Waals surface area contributed by atoms with E-state index >= 15 is 0 Å². The van der Waals surface area contributed by atoms with Crippen molar-refractivity contribution in [2.75, 3.05) is 0 Å². The number of carbonyl (C=O) groups excluding carboxylic acids is 1. The molecule has 7 heteroatoms. The van der Waals surface area contributed by atoms with Gasteiger partial charge in [-0.15, -0.1) is 11.3 Å². The molecule has 0 aliphatic carbocycles. The summed E-state index contributed by atoms with van der Waals surface area (Å²) in [7, 11) is 0. The number of hydrogen-bond acceptors (Lipinski definition) is 5. The van der Waals surface area contributed by atoms with Crippen molar-refractivity contribution in [3.05, 3.63) is 29.3 Å². The molecule has 1 heterocycles. The summed E-state index contributed by atoms with van der Waals surface area (Å²) in [6.45, 7) is 0.255. The van der Waals surface area contributed by atoms with E-state index in [4.69, 9.17) is 10.8 Å². The lowest BCUT2D eigenvalue weighted by Gasteiger charge is -2.08. The number of carboxylic acids is 1. The van der Waals surface area contributed by atoms with Gasteiger partial charge >= 0.3 is 5.97 Å². The zero-order valence-electron chi connectivity index (χ0n) is 10.00. The van der Waals surface area contributed by atoms with Gasteiger partial charge in [0.1, 0.15) is 5.01 Å². The van der Waals surface area contributed by atoms with Crippen LogP contribution < -0.4 is 11.1 Å². The van der Waals surface area contributed by atoms with Gasteiger partial charge in [0.25, 0.3) is 0 Å². The number of nitrogens with two attached hydrogens (primary N) is 1. The smallest absolute Gasteiger partial charge is 0.305 e. The van der Waals surface area contributed by atoms with Crippen molar-refractivity contribution in [2.45, 2.75) is 19.0 Å². The third-order valence-corrected chi connectivity index (χ3v) is 3.52. The summed E-state index contributed by atoms with van der Waals surface area (Å²) in [5, 5.41) is 11.9. The number of carboxylic acid groups (broad SMARTS) is 1. The molecule has 1 amide bonds. The van der Waals surface area contributed by atoms with E-state index in [-0.39, 0.29) is 13.0 Å². The molecule has 0 aliphatic heterocycles. The van der Waals surface area contributed by atoms with Crippen LogP contribution in [0.15, 0.2) is 24.3 Å². The summed E-state index contributed by atoms with van der Waals surface area (Å²) in [5.74, 6) is -1.58. The van der Waals surface area contributed by atoms with Crippen LogP contribution in [0.4, 0.5) is 0 Å². The second kappa shape index (κ2) is 5.77. The molecule has 2 rings (SSSR count). The average molecular weight is 279 g/mol. The third kappa shape index (κ3) is 3.49. The van der Waals surface area contributed by atoms with Crippen LogP contribution in [0.2, 0.25) is 0 Å². The van der Waals surface area contributed by atoms with Crippen LogP contribution in [0.25, 0.3) is 10.2 Å². The fourth-order valence-corrected chi connectivity index (χ4v) is 2.48. The van der Waals surface area contributed by atoms with Crippen molar-refractivity contribution < 1.29 is 14.7 Å². The van der Waals surface area contributed by atoms with Gasteiger partial charge in [-0.25, -0.2) is 4.98 Å². The van der Waals surface area contributed by atoms with Gasteiger partial charge in [0, 0.05) is 0 Å². The van der Waals surface area contributed by atoms with Crippen LogP contribution in [0, 0.1) is 0 Å². The summed E-state index contributed by atoms with van der Waals surface area (Å²) in [4.78, 5) is 26.3. The van der Waals surface area contributed by atoms with Crippen LogP contribution in [0.1, 0.15) is 11.4 Å². The molecule has 2 aromatic rings. The van der Waals surface area contributed by atoms with Gasteiger partial charge in [-0.05, 0) is 12.1 Å². The minimum atomic E-state index is -1.09. The Morgan fingerprint density at radius 3 is 2.84 bits per heavy atom. The van der Waals surface area contributed by atoms with Crippen LogP contribution in [0.5, 0.6) is 0 Å². The standard InChI is InChI=1S/C12H13N3O3S/c13-7(5-11(16)17)12(18)14-6-10-15-8-3-1-2-4-9(8)19-10/h1-4,7H,5-6,13H2,(H,14,18)(H,16,17). The van der Waals surface area contributed by atoms with Gasteiger partial charge in [0.05, 0.1) is 29.2 Å². The van der Waals surface area contributed by atoms with E-state index in [1.807, 2.05) is 24.3 Å². The van der Waals surface area contributed by atoms with Crippen molar-refractivity contribution >= 4 is 33.4 Å². The molecule has 1 unspecified atom stereocenters. The Morgan fingerprint density at radius 2 is 2.16 bits per heavy atom. The highest BCUT2D eigenvalue weighted by atomic mass is 32.1. The minimum absolute atomic E-state index is 0.255. The molecule has 0 fully saturated rings. The van der Waals surface area contributed by atoms with Crippen molar-refractivity contribution in [3.8, 4) is 0 Å². The molecule has 0 spiro atoms. The number of thiazole rings is 1. The predicted molar refractivity (Wildman–Crippen MR) is 71.7 cm³/mol. The minimum Gasteiger partial charge on any atom is -0.481 e. The highest BCUT2D eigenvalue weighted by molar-refractivity contribution is 7.18. The number of aromatic nitrogens is 1. The molecule has 0 saturated heterocycles. The lowest BCUT2D eigenvalue weighted by Crippen LogP contribution is -2.41. The van der Waals surface area contributed by atoms with E-state index in [0.29, 0.717) is 0 Å². The Bertz CT molecular complexity index is 578. The number of hydrogen-bond donors (Lipinski definition) is 3. The number of nitrogens with one attached hydrogen (secondary N) is 1. The molecule has 4 N–H and O–H groups in total. The van der Waals surface area contributed by atoms with Crippen molar-refractivity contribution in [1.29, 1.82) is 0 Å². The fourth-order valence-electron chi connectivity index (χ4n) is 1.57. The largest absolute Gasteiger partial charge is 0.481 e. The number of amides is 1. The van der Waals surface area contributed by atoms with E-state index in [9.17, 15) is 9.59 Å². The molecular formula is C12H13N3O3S. The van der Waals surface area contributed by atoms with Crippen LogP contribution in [-0.2, 0) is 16.1 Å². The lowest BCUT2D eigenvalue weighted by atomic mass is 10.2. The van der Waals surface area contributed by atoms with Crippen LogP contribution in [-0.4, -0.2) is 28.0 Å². The lowest BCUT2D eigenvalue weighted by molar-refractivity contribution is -0.139. The van der Waals surface area contributed by atoms with Gasteiger partial charge in [0.15, 0.2) is 0 Å². The molecule has 0 radical (unpaired) electrons. The van der Waals surface area contributed by atoms with E-state index in [1.165, 1.54) is 11.3 Å². The molecule has 6 nitrogen and oxygen atoms in total. The highest BCUT2D eigenvalue weighted by Crippen LogP contribution is 2.21. The molecule has 0 saturated carbocycles. The normalized spacial score (nSPS) is 12.3. The third-order valence-electron chi connectivity index (χ3n) is 2.48. The molecule has 0 aliphatic rings. The maximum absolute atomic E-state index is 11.5. The fraction of sp³-hybridized carbons (Fsp3) is 0.250. The molecule has 1 aromatic carbocycles. The number of nitrogens with zero attached hydrogens (tertiary/aromatic N) is 1. The molecule has 0 bridgehead atoms. The van der Waals surface area contributed by atoms with Crippen LogP contribution in [0.3, 0.4) is 0 Å². The summed E-state index contributed by atoms with van der Waals surface area (Å²) >= 11 is 1.48. The SMILES string of the molecule is NC(CC(=O)O)C(=O)NCc1nc2ccccc2s1. The van der Waals surface area contributed by atoms with Crippen molar-refractivity contribution in [1.82, 2.24) is 10.3 Å². The predicted octanol–water partition coefficient (Wildman–Crippen LogP) is 0.715. The van der Waals surface area contributed by atoms with Crippen molar-refractivity contribution in [2.24, 2.45) is 5.73 Å². The molecular weight excluding hydrogens is 266 g/mol. The Labute approximate surface area is 113 Å². The number of para-hydroxylation sites is 1. The maximum atomic E-state index is 11.5. The topological polar surface area (TPSA) is 105 Å². The van der Waals surface area contributed by atoms with E-state index in [0.717, 1.165) is 15.2 Å². The number of fused-ring (bicyclic) bond motifs is 1. The first-order valence-corrected chi connectivity index (χ1v) is 6.47. The molecule has 100 valence electrons. The van der Waals surface area contributed by atoms with Gasteiger partial charge < -0.3 is 16.2 Å². The first-order valence-electron chi connectivity index (χ1n) is 5.66. The van der Waals surface area contributed by atoms with Gasteiger partial charge in [-0.1, -0.05) is 12.1 Å². The van der Waals surface area contributed by atoms with Crippen LogP contribution >= 0.6 is 11.3 Å². The second-order valence-electron chi connectivity index (χ2n) is 4.00. The monoisotopic (exact) mass is 279 g/mol. The average Bonchev–Trinajstić information content (AvgIpc) is 2.77.